The summed E-state index contributed by atoms with van der Waals surface area (Å²) in [5.74, 6) is -0.314. The van der Waals surface area contributed by atoms with Gasteiger partial charge in [-0.3, -0.25) is 9.69 Å². The summed E-state index contributed by atoms with van der Waals surface area (Å²) in [6, 6.07) is 24.7. The van der Waals surface area contributed by atoms with Gasteiger partial charge >= 0.3 is 12.1 Å². The van der Waals surface area contributed by atoms with E-state index >= 15 is 0 Å². The number of alkyl halides is 3. The van der Waals surface area contributed by atoms with E-state index in [1.165, 1.54) is 12.1 Å². The van der Waals surface area contributed by atoms with Gasteiger partial charge in [0.15, 0.2) is 0 Å². The van der Waals surface area contributed by atoms with E-state index in [4.69, 9.17) is 4.74 Å². The summed E-state index contributed by atoms with van der Waals surface area (Å²) in [7, 11) is 0. The first-order chi connectivity index (χ1) is 22.0. The molecule has 1 saturated heterocycles. The summed E-state index contributed by atoms with van der Waals surface area (Å²) < 4.78 is 45.1. The molecule has 0 unspecified atom stereocenters. The van der Waals surface area contributed by atoms with E-state index in [-0.39, 0.29) is 17.2 Å². The lowest BCUT2D eigenvalue weighted by atomic mass is 9.96. The Balaban J connectivity index is 1.26. The summed E-state index contributed by atoms with van der Waals surface area (Å²) in [5, 5.41) is 12.9. The molecule has 4 aromatic carbocycles. The van der Waals surface area contributed by atoms with Crippen molar-refractivity contribution in [2.24, 2.45) is 0 Å². The lowest BCUT2D eigenvalue weighted by Gasteiger charge is -2.38. The SMILES string of the molecule is CC(C)c1cc(NC(=O)c2ccc(Oc3ccccc3)cc2)c(C(=O)O)cc1N1CCN(CCc2cccc(C(F)(F)F)c2)CC1. The van der Waals surface area contributed by atoms with Gasteiger partial charge in [0.1, 0.15) is 11.5 Å². The van der Waals surface area contributed by atoms with Gasteiger partial charge in [0.05, 0.1) is 16.8 Å². The number of benzene rings is 4. The number of piperazine rings is 1. The highest BCUT2D eigenvalue weighted by molar-refractivity contribution is 6.08. The van der Waals surface area contributed by atoms with Crippen molar-refractivity contribution in [1.82, 2.24) is 4.90 Å². The van der Waals surface area contributed by atoms with Crippen LogP contribution < -0.4 is 15.0 Å². The van der Waals surface area contributed by atoms with Crippen LogP contribution in [0.4, 0.5) is 24.5 Å². The third kappa shape index (κ3) is 8.06. The number of ether oxygens (including phenoxy) is 1. The third-order valence-electron chi connectivity index (χ3n) is 8.05. The number of halogens is 3. The van der Waals surface area contributed by atoms with Crippen molar-refractivity contribution in [3.63, 3.8) is 0 Å². The molecule has 240 valence electrons. The average Bonchev–Trinajstić information content (AvgIpc) is 3.04. The van der Waals surface area contributed by atoms with Crippen LogP contribution in [0, 0.1) is 0 Å². The van der Waals surface area contributed by atoms with E-state index in [0.29, 0.717) is 61.8 Å². The molecule has 1 aliphatic heterocycles. The average molecular weight is 632 g/mol. The zero-order valence-electron chi connectivity index (χ0n) is 25.7. The highest BCUT2D eigenvalue weighted by Crippen LogP contribution is 2.35. The van der Waals surface area contributed by atoms with Crippen LogP contribution in [0.2, 0.25) is 0 Å². The standard InChI is InChI=1S/C36H36F3N3O4/c1-24(2)30-22-32(40-34(43)26-11-13-29(14-12-26)46-28-9-4-3-5-10-28)31(35(44)45)23-33(30)42-19-17-41(18-20-42)16-15-25-7-6-8-27(21-25)36(37,38)39/h3-14,21-24H,15-20H2,1-2H3,(H,40,43)(H,44,45). The van der Waals surface area contributed by atoms with Gasteiger partial charge in [0.25, 0.3) is 5.91 Å². The molecule has 0 bridgehead atoms. The summed E-state index contributed by atoms with van der Waals surface area (Å²) >= 11 is 0. The number of carboxylic acids is 1. The van der Waals surface area contributed by atoms with Gasteiger partial charge in [-0.1, -0.05) is 50.2 Å². The van der Waals surface area contributed by atoms with Crippen LogP contribution >= 0.6 is 0 Å². The van der Waals surface area contributed by atoms with Gasteiger partial charge in [-0.15, -0.1) is 0 Å². The molecule has 10 heteroatoms. The van der Waals surface area contributed by atoms with Gasteiger partial charge in [0.2, 0.25) is 0 Å². The molecule has 1 amide bonds. The van der Waals surface area contributed by atoms with Gasteiger partial charge in [-0.25, -0.2) is 4.79 Å². The Morgan fingerprint density at radius 1 is 0.870 bits per heavy atom. The van der Waals surface area contributed by atoms with Crippen molar-refractivity contribution in [3.8, 4) is 11.5 Å². The van der Waals surface area contributed by atoms with Crippen LogP contribution in [0.15, 0.2) is 91.0 Å². The minimum Gasteiger partial charge on any atom is -0.478 e. The highest BCUT2D eigenvalue weighted by atomic mass is 19.4. The van der Waals surface area contributed by atoms with E-state index in [1.807, 2.05) is 44.2 Å². The number of para-hydroxylation sites is 1. The van der Waals surface area contributed by atoms with Gasteiger partial charge < -0.3 is 20.1 Å². The second-order valence-corrected chi connectivity index (χ2v) is 11.6. The predicted octanol–water partition coefficient (Wildman–Crippen LogP) is 7.94. The minimum atomic E-state index is -4.37. The van der Waals surface area contributed by atoms with Gasteiger partial charge in [-0.05, 0) is 78.1 Å². The molecule has 5 rings (SSSR count). The molecule has 1 heterocycles. The fourth-order valence-corrected chi connectivity index (χ4v) is 5.52. The van der Waals surface area contributed by atoms with Crippen molar-refractivity contribution in [1.29, 1.82) is 0 Å². The first kappa shape index (κ1) is 32.6. The molecule has 2 N–H and O–H groups in total. The summed E-state index contributed by atoms with van der Waals surface area (Å²) in [6.45, 7) is 7.28. The summed E-state index contributed by atoms with van der Waals surface area (Å²) in [4.78, 5) is 29.9. The number of carbonyl (C=O) groups excluding carboxylic acids is 1. The smallest absolute Gasteiger partial charge is 0.416 e. The maximum absolute atomic E-state index is 13.2. The number of carbonyl (C=O) groups is 2. The van der Waals surface area contributed by atoms with Crippen LogP contribution in [0.5, 0.6) is 11.5 Å². The van der Waals surface area contributed by atoms with Gasteiger partial charge in [0, 0.05) is 44.0 Å². The number of hydrogen-bond acceptors (Lipinski definition) is 5. The molecule has 1 aliphatic rings. The van der Waals surface area contributed by atoms with E-state index in [9.17, 15) is 27.9 Å². The molecule has 46 heavy (non-hydrogen) atoms. The minimum absolute atomic E-state index is 0.0104. The number of anilines is 2. The second kappa shape index (κ2) is 14.1. The fraction of sp³-hybridized carbons (Fsp3) is 0.278. The number of nitrogens with zero attached hydrogens (tertiary/aromatic N) is 2. The number of nitrogens with one attached hydrogen (secondary N) is 1. The Hall–Kier alpha value is -4.83. The topological polar surface area (TPSA) is 82.1 Å². The van der Waals surface area contributed by atoms with E-state index < -0.39 is 23.6 Å². The molecule has 0 radical (unpaired) electrons. The Bertz CT molecular complexity index is 1670. The third-order valence-corrected chi connectivity index (χ3v) is 8.05. The number of hydrogen-bond donors (Lipinski definition) is 2. The Labute approximate surface area is 266 Å². The Kier molecular flexibility index (Phi) is 9.96. The number of aromatic carboxylic acids is 1. The van der Waals surface area contributed by atoms with E-state index in [2.05, 4.69) is 15.1 Å². The fourth-order valence-electron chi connectivity index (χ4n) is 5.52. The molecule has 0 aromatic heterocycles. The zero-order valence-corrected chi connectivity index (χ0v) is 25.7. The monoisotopic (exact) mass is 631 g/mol. The maximum atomic E-state index is 13.2. The lowest BCUT2D eigenvalue weighted by molar-refractivity contribution is -0.137. The van der Waals surface area contributed by atoms with Crippen LogP contribution in [0.25, 0.3) is 0 Å². The number of amides is 1. The molecular formula is C36H36F3N3O4. The van der Waals surface area contributed by atoms with E-state index in [1.54, 1.807) is 42.5 Å². The van der Waals surface area contributed by atoms with Gasteiger partial charge in [-0.2, -0.15) is 13.2 Å². The molecule has 0 spiro atoms. The molecule has 0 aliphatic carbocycles. The number of rotatable bonds is 10. The van der Waals surface area contributed by atoms with Crippen molar-refractivity contribution in [3.05, 3.63) is 119 Å². The van der Waals surface area contributed by atoms with Crippen LogP contribution in [0.3, 0.4) is 0 Å². The van der Waals surface area contributed by atoms with Crippen molar-refractivity contribution in [2.45, 2.75) is 32.4 Å². The van der Waals surface area contributed by atoms with Crippen LogP contribution in [-0.2, 0) is 12.6 Å². The first-order valence-electron chi connectivity index (χ1n) is 15.2. The molecular weight excluding hydrogens is 595 g/mol. The Morgan fingerprint density at radius 3 is 2.17 bits per heavy atom. The molecule has 1 fully saturated rings. The number of carboxylic acid groups (broad SMARTS) is 1. The largest absolute Gasteiger partial charge is 0.478 e. The molecule has 4 aromatic rings. The highest BCUT2D eigenvalue weighted by Gasteiger charge is 2.30. The lowest BCUT2D eigenvalue weighted by Crippen LogP contribution is -2.47. The second-order valence-electron chi connectivity index (χ2n) is 11.6. The normalized spacial score (nSPS) is 13.9. The molecule has 0 atom stereocenters. The summed E-state index contributed by atoms with van der Waals surface area (Å²) in [6.07, 6.45) is -3.87. The summed E-state index contributed by atoms with van der Waals surface area (Å²) in [5.41, 5.74) is 2.26. The van der Waals surface area contributed by atoms with E-state index in [0.717, 1.165) is 17.3 Å². The first-order valence-corrected chi connectivity index (χ1v) is 15.2. The zero-order chi connectivity index (χ0) is 32.8. The maximum Gasteiger partial charge on any atom is 0.416 e. The molecule has 0 saturated carbocycles. The van der Waals surface area contributed by atoms with Crippen molar-refractivity contribution < 1.29 is 32.6 Å². The van der Waals surface area contributed by atoms with Crippen LogP contribution in [0.1, 0.15) is 57.2 Å². The van der Waals surface area contributed by atoms with Crippen molar-refractivity contribution in [2.75, 3.05) is 42.9 Å². The van der Waals surface area contributed by atoms with Crippen molar-refractivity contribution >= 4 is 23.3 Å². The quantitative estimate of drug-likeness (QED) is 0.185. The predicted molar refractivity (Wildman–Crippen MR) is 172 cm³/mol. The molecule has 7 nitrogen and oxygen atoms in total. The van der Waals surface area contributed by atoms with Crippen LogP contribution in [-0.4, -0.2) is 54.6 Å². The Morgan fingerprint density at radius 2 is 1.54 bits per heavy atom.